The zero-order valence-corrected chi connectivity index (χ0v) is 14.3. The molecule has 6 heteroatoms. The highest BCUT2D eigenvalue weighted by molar-refractivity contribution is 5.89. The molecule has 6 nitrogen and oxygen atoms in total. The van der Waals surface area contributed by atoms with Gasteiger partial charge in [-0.15, -0.1) is 0 Å². The smallest absolute Gasteiger partial charge is 0.331 e. The predicted octanol–water partition coefficient (Wildman–Crippen LogP) is 2.31. The lowest BCUT2D eigenvalue weighted by atomic mass is 9.90. The molecule has 1 rings (SSSR count). The molecular formula is C18H22N2O4. The lowest BCUT2D eigenvalue weighted by molar-refractivity contribution is -0.144. The van der Waals surface area contributed by atoms with E-state index in [0.717, 1.165) is 5.56 Å². The van der Waals surface area contributed by atoms with E-state index in [9.17, 15) is 9.59 Å². The average molecular weight is 330 g/mol. The second kappa shape index (κ2) is 8.73. The van der Waals surface area contributed by atoms with E-state index in [-0.39, 0.29) is 5.92 Å². The highest BCUT2D eigenvalue weighted by Gasteiger charge is 2.30. The molecule has 1 atom stereocenters. The SMILES string of the molecule is COc1cccc(/C=C/C(=O)OCC(=O)N[C@@](C)(C#N)C(C)C)c1. The fourth-order valence-corrected chi connectivity index (χ4v) is 1.72. The van der Waals surface area contributed by atoms with Gasteiger partial charge in [0.15, 0.2) is 6.61 Å². The van der Waals surface area contributed by atoms with Crippen molar-refractivity contribution in [3.05, 3.63) is 35.9 Å². The normalized spacial score (nSPS) is 13.2. The number of amides is 1. The summed E-state index contributed by atoms with van der Waals surface area (Å²) >= 11 is 0. The van der Waals surface area contributed by atoms with Gasteiger partial charge >= 0.3 is 5.97 Å². The maximum absolute atomic E-state index is 11.8. The molecule has 1 aromatic carbocycles. The van der Waals surface area contributed by atoms with E-state index in [1.165, 1.54) is 6.08 Å². The zero-order chi connectivity index (χ0) is 18.2. The second-order valence-corrected chi connectivity index (χ2v) is 5.73. The third kappa shape index (κ3) is 5.76. The fourth-order valence-electron chi connectivity index (χ4n) is 1.72. The van der Waals surface area contributed by atoms with Crippen molar-refractivity contribution in [2.45, 2.75) is 26.3 Å². The molecule has 0 fully saturated rings. The number of carbonyl (C=O) groups is 2. The summed E-state index contributed by atoms with van der Waals surface area (Å²) in [6.07, 6.45) is 2.80. The molecule has 0 unspecified atom stereocenters. The van der Waals surface area contributed by atoms with E-state index in [4.69, 9.17) is 14.7 Å². The number of nitriles is 1. The van der Waals surface area contributed by atoms with Crippen LogP contribution >= 0.6 is 0 Å². The van der Waals surface area contributed by atoms with Crippen molar-refractivity contribution in [3.8, 4) is 11.8 Å². The van der Waals surface area contributed by atoms with Gasteiger partial charge in [-0.2, -0.15) is 5.26 Å². The first kappa shape index (κ1) is 19.2. The summed E-state index contributed by atoms with van der Waals surface area (Å²) in [5, 5.41) is 11.7. The molecule has 0 bridgehead atoms. The molecule has 24 heavy (non-hydrogen) atoms. The molecule has 0 aliphatic carbocycles. The summed E-state index contributed by atoms with van der Waals surface area (Å²) in [6, 6.07) is 9.21. The summed E-state index contributed by atoms with van der Waals surface area (Å²) in [5.74, 6) is -0.559. The summed E-state index contributed by atoms with van der Waals surface area (Å²) in [4.78, 5) is 23.5. The van der Waals surface area contributed by atoms with Crippen molar-refractivity contribution in [1.82, 2.24) is 5.32 Å². The molecule has 1 N–H and O–H groups in total. The molecular weight excluding hydrogens is 308 g/mol. The standard InChI is InChI=1S/C18H22N2O4/c1-13(2)18(3,12-19)20-16(21)11-24-17(22)9-8-14-6-5-7-15(10-14)23-4/h5-10,13H,11H2,1-4H3,(H,20,21)/b9-8+/t18-/m0/s1. The minimum absolute atomic E-state index is 0.0740. The van der Waals surface area contributed by atoms with Gasteiger partial charge in [0.05, 0.1) is 13.2 Å². The number of nitrogens with one attached hydrogen (secondary N) is 1. The van der Waals surface area contributed by atoms with Crippen LogP contribution in [0, 0.1) is 17.2 Å². The number of ether oxygens (including phenoxy) is 2. The first-order valence-corrected chi connectivity index (χ1v) is 7.52. The number of nitrogens with zero attached hydrogens (tertiary/aromatic N) is 1. The Morgan fingerprint density at radius 1 is 1.42 bits per heavy atom. The Morgan fingerprint density at radius 2 is 2.12 bits per heavy atom. The molecule has 0 heterocycles. The van der Waals surface area contributed by atoms with Gasteiger partial charge in [0.2, 0.25) is 0 Å². The van der Waals surface area contributed by atoms with Crippen molar-refractivity contribution in [1.29, 1.82) is 5.26 Å². The van der Waals surface area contributed by atoms with Crippen LogP contribution in [0.5, 0.6) is 5.75 Å². The van der Waals surface area contributed by atoms with Crippen LogP contribution in [0.3, 0.4) is 0 Å². The van der Waals surface area contributed by atoms with Gasteiger partial charge in [0, 0.05) is 6.08 Å². The molecule has 0 aliphatic rings. The first-order valence-electron chi connectivity index (χ1n) is 7.52. The summed E-state index contributed by atoms with van der Waals surface area (Å²) < 4.78 is 9.96. The molecule has 0 aliphatic heterocycles. The molecule has 0 aromatic heterocycles. The van der Waals surface area contributed by atoms with E-state index in [0.29, 0.717) is 5.75 Å². The molecule has 1 aromatic rings. The Morgan fingerprint density at radius 3 is 2.71 bits per heavy atom. The van der Waals surface area contributed by atoms with Gasteiger partial charge in [-0.25, -0.2) is 4.79 Å². The summed E-state index contributed by atoms with van der Waals surface area (Å²) in [7, 11) is 1.56. The van der Waals surface area contributed by atoms with Gasteiger partial charge in [0.25, 0.3) is 5.91 Å². The van der Waals surface area contributed by atoms with Crippen LogP contribution in [-0.2, 0) is 14.3 Å². The van der Waals surface area contributed by atoms with Crippen LogP contribution in [0.15, 0.2) is 30.3 Å². The van der Waals surface area contributed by atoms with Crippen molar-refractivity contribution < 1.29 is 19.1 Å². The zero-order valence-electron chi connectivity index (χ0n) is 14.3. The monoisotopic (exact) mass is 330 g/mol. The van der Waals surface area contributed by atoms with Crippen LogP contribution in [0.25, 0.3) is 6.08 Å². The van der Waals surface area contributed by atoms with E-state index < -0.39 is 24.0 Å². The minimum atomic E-state index is -1.00. The topological polar surface area (TPSA) is 88.4 Å². The molecule has 0 spiro atoms. The number of rotatable bonds is 7. The number of hydrogen-bond acceptors (Lipinski definition) is 5. The summed E-state index contributed by atoms with van der Waals surface area (Å²) in [5.41, 5.74) is -0.229. The summed E-state index contributed by atoms with van der Waals surface area (Å²) in [6.45, 7) is 4.84. The molecule has 1 amide bonds. The minimum Gasteiger partial charge on any atom is -0.497 e. The predicted molar refractivity (Wildman–Crippen MR) is 90.0 cm³/mol. The lowest BCUT2D eigenvalue weighted by Crippen LogP contribution is -2.50. The number of esters is 1. The molecule has 0 saturated heterocycles. The number of methoxy groups -OCH3 is 1. The van der Waals surface area contributed by atoms with Gasteiger partial charge in [-0.3, -0.25) is 4.79 Å². The van der Waals surface area contributed by atoms with Gasteiger partial charge < -0.3 is 14.8 Å². The fraction of sp³-hybridized carbons (Fsp3) is 0.389. The van der Waals surface area contributed by atoms with Crippen LogP contribution in [0.1, 0.15) is 26.3 Å². The third-order valence-corrected chi connectivity index (χ3v) is 3.64. The van der Waals surface area contributed by atoms with Crippen LogP contribution in [0.4, 0.5) is 0 Å². The second-order valence-electron chi connectivity index (χ2n) is 5.73. The van der Waals surface area contributed by atoms with Crippen LogP contribution in [-0.4, -0.2) is 31.1 Å². The lowest BCUT2D eigenvalue weighted by Gasteiger charge is -2.27. The maximum Gasteiger partial charge on any atom is 0.331 e. The third-order valence-electron chi connectivity index (χ3n) is 3.64. The van der Waals surface area contributed by atoms with Crippen molar-refractivity contribution in [2.75, 3.05) is 13.7 Å². The largest absolute Gasteiger partial charge is 0.497 e. The first-order chi connectivity index (χ1) is 11.3. The van der Waals surface area contributed by atoms with E-state index in [2.05, 4.69) is 11.4 Å². The maximum atomic E-state index is 11.8. The Kier molecular flexibility index (Phi) is 6.99. The van der Waals surface area contributed by atoms with Gasteiger partial charge in [-0.05, 0) is 36.6 Å². The molecule has 0 saturated carbocycles. The quantitative estimate of drug-likeness (QED) is 0.612. The van der Waals surface area contributed by atoms with Crippen molar-refractivity contribution >= 4 is 18.0 Å². The van der Waals surface area contributed by atoms with Crippen molar-refractivity contribution in [3.63, 3.8) is 0 Å². The highest BCUT2D eigenvalue weighted by atomic mass is 16.5. The number of carbonyl (C=O) groups excluding carboxylic acids is 2. The van der Waals surface area contributed by atoms with Gasteiger partial charge in [-0.1, -0.05) is 26.0 Å². The van der Waals surface area contributed by atoms with Crippen LogP contribution < -0.4 is 10.1 Å². The highest BCUT2D eigenvalue weighted by Crippen LogP contribution is 2.15. The number of benzene rings is 1. The average Bonchev–Trinajstić information content (AvgIpc) is 2.58. The Labute approximate surface area is 142 Å². The molecule has 128 valence electrons. The van der Waals surface area contributed by atoms with E-state index in [1.54, 1.807) is 44.4 Å². The van der Waals surface area contributed by atoms with Gasteiger partial charge in [0.1, 0.15) is 11.3 Å². The van der Waals surface area contributed by atoms with Crippen LogP contribution in [0.2, 0.25) is 0 Å². The number of hydrogen-bond donors (Lipinski definition) is 1. The molecule has 0 radical (unpaired) electrons. The Bertz CT molecular complexity index is 661. The van der Waals surface area contributed by atoms with E-state index in [1.807, 2.05) is 13.8 Å². The van der Waals surface area contributed by atoms with Crippen molar-refractivity contribution in [2.24, 2.45) is 5.92 Å². The Hall–Kier alpha value is -2.81. The Balaban J connectivity index is 2.52. The van der Waals surface area contributed by atoms with E-state index >= 15 is 0 Å².